The van der Waals surface area contributed by atoms with E-state index in [1.807, 2.05) is 0 Å². The molecule has 0 radical (unpaired) electrons. The summed E-state index contributed by atoms with van der Waals surface area (Å²) in [7, 11) is 0. The Morgan fingerprint density at radius 3 is 2.95 bits per heavy atom. The molecule has 0 saturated heterocycles. The normalized spacial score (nSPS) is 12.0. The molecule has 0 bridgehead atoms. The minimum Gasteiger partial charge on any atom is -0.480 e. The van der Waals surface area contributed by atoms with Gasteiger partial charge in [-0.1, -0.05) is 6.08 Å². The third-order valence-electron chi connectivity index (χ3n) is 3.12. The Morgan fingerprint density at radius 1 is 1.59 bits per heavy atom. The van der Waals surface area contributed by atoms with Crippen LogP contribution in [-0.2, 0) is 4.79 Å². The first-order valence-corrected chi connectivity index (χ1v) is 7.44. The summed E-state index contributed by atoms with van der Waals surface area (Å²) in [6.45, 7) is 5.25. The van der Waals surface area contributed by atoms with E-state index in [0.29, 0.717) is 17.1 Å². The quantitative estimate of drug-likeness (QED) is 0.779. The zero-order chi connectivity index (χ0) is 16.3. The van der Waals surface area contributed by atoms with Gasteiger partial charge in [0.05, 0.1) is 0 Å². The van der Waals surface area contributed by atoms with E-state index in [-0.39, 0.29) is 12.0 Å². The summed E-state index contributed by atoms with van der Waals surface area (Å²) in [6.07, 6.45) is 3.39. The zero-order valence-electron chi connectivity index (χ0n) is 11.9. The van der Waals surface area contributed by atoms with Crippen LogP contribution in [0.3, 0.4) is 0 Å². The Labute approximate surface area is 129 Å². The van der Waals surface area contributed by atoms with Gasteiger partial charge in [-0.15, -0.1) is 17.9 Å². The summed E-state index contributed by atoms with van der Waals surface area (Å²) in [5, 5.41) is 13.2. The van der Waals surface area contributed by atoms with Gasteiger partial charge in [-0.05, 0) is 19.8 Å². The summed E-state index contributed by atoms with van der Waals surface area (Å²) in [4.78, 5) is 40.2. The van der Waals surface area contributed by atoms with Gasteiger partial charge in [-0.3, -0.25) is 14.0 Å². The third kappa shape index (κ3) is 3.06. The predicted molar refractivity (Wildman–Crippen MR) is 82.4 cm³/mol. The second kappa shape index (κ2) is 6.52. The van der Waals surface area contributed by atoms with Gasteiger partial charge in [0.25, 0.3) is 11.5 Å². The molecule has 1 amide bonds. The first-order valence-electron chi connectivity index (χ1n) is 6.56. The third-order valence-corrected chi connectivity index (χ3v) is 4.08. The van der Waals surface area contributed by atoms with Crippen molar-refractivity contribution in [3.05, 3.63) is 45.8 Å². The first kappa shape index (κ1) is 15.9. The number of nitrogens with one attached hydrogen (secondary N) is 1. The number of allylic oxidation sites excluding steroid dienone is 1. The van der Waals surface area contributed by atoms with Crippen molar-refractivity contribution >= 4 is 28.2 Å². The molecule has 2 N–H and O–H groups in total. The van der Waals surface area contributed by atoms with Crippen LogP contribution in [0, 0.1) is 6.92 Å². The monoisotopic (exact) mass is 321 g/mol. The molecule has 0 aromatic carbocycles. The zero-order valence-corrected chi connectivity index (χ0v) is 12.7. The maximum Gasteiger partial charge on any atom is 0.326 e. The maximum atomic E-state index is 12.3. The summed E-state index contributed by atoms with van der Waals surface area (Å²) in [5.74, 6) is -1.90. The van der Waals surface area contributed by atoms with Crippen molar-refractivity contribution in [1.29, 1.82) is 0 Å². The van der Waals surface area contributed by atoms with Crippen molar-refractivity contribution in [3.63, 3.8) is 0 Å². The highest BCUT2D eigenvalue weighted by Crippen LogP contribution is 2.11. The SMILES string of the molecule is C=CCCC(NC(=O)c1cnc2scc(C)n2c1=O)C(=O)O. The Hall–Kier alpha value is -2.48. The van der Waals surface area contributed by atoms with Gasteiger partial charge in [-0.2, -0.15) is 0 Å². The smallest absolute Gasteiger partial charge is 0.326 e. The molecule has 8 heteroatoms. The molecule has 0 fully saturated rings. The molecule has 0 saturated carbocycles. The molecule has 0 aliphatic heterocycles. The van der Waals surface area contributed by atoms with Gasteiger partial charge < -0.3 is 10.4 Å². The molecule has 2 rings (SSSR count). The Balaban J connectivity index is 2.31. The number of hydrogen-bond acceptors (Lipinski definition) is 5. The highest BCUT2D eigenvalue weighted by Gasteiger charge is 2.22. The van der Waals surface area contributed by atoms with Crippen LogP contribution in [-0.4, -0.2) is 32.4 Å². The fourth-order valence-corrected chi connectivity index (χ4v) is 2.79. The summed E-state index contributed by atoms with van der Waals surface area (Å²) < 4.78 is 1.33. The Bertz CT molecular complexity index is 793. The van der Waals surface area contributed by atoms with Gasteiger partial charge in [-0.25, -0.2) is 9.78 Å². The lowest BCUT2D eigenvalue weighted by molar-refractivity contribution is -0.139. The Morgan fingerprint density at radius 2 is 2.32 bits per heavy atom. The first-order chi connectivity index (χ1) is 10.5. The van der Waals surface area contributed by atoms with E-state index in [9.17, 15) is 14.4 Å². The minimum atomic E-state index is -1.16. The fraction of sp³-hybridized carbons (Fsp3) is 0.286. The number of aryl methyl sites for hydroxylation is 1. The number of hydrogen-bond donors (Lipinski definition) is 2. The van der Waals surface area contributed by atoms with Crippen molar-refractivity contribution in [2.45, 2.75) is 25.8 Å². The van der Waals surface area contributed by atoms with Crippen LogP contribution in [0.2, 0.25) is 0 Å². The number of aliphatic carboxylic acids is 1. The molecule has 1 atom stereocenters. The molecule has 0 aliphatic rings. The van der Waals surface area contributed by atoms with Gasteiger partial charge in [0.15, 0.2) is 4.96 Å². The second-order valence-electron chi connectivity index (χ2n) is 4.70. The molecule has 2 heterocycles. The number of carbonyl (C=O) groups is 2. The van der Waals surface area contributed by atoms with Crippen LogP contribution < -0.4 is 10.9 Å². The maximum absolute atomic E-state index is 12.3. The predicted octanol–water partition coefficient (Wildman–Crippen LogP) is 1.21. The molecule has 0 aliphatic carbocycles. The summed E-state index contributed by atoms with van der Waals surface area (Å²) in [6, 6.07) is -1.07. The summed E-state index contributed by atoms with van der Waals surface area (Å²) >= 11 is 1.29. The molecule has 2 aromatic rings. The van der Waals surface area contributed by atoms with E-state index >= 15 is 0 Å². The van der Waals surface area contributed by atoms with Crippen LogP contribution in [0.1, 0.15) is 28.9 Å². The topological polar surface area (TPSA) is 101 Å². The minimum absolute atomic E-state index is 0.177. The summed E-state index contributed by atoms with van der Waals surface area (Å²) in [5.41, 5.74) is -0.00782. The number of carbonyl (C=O) groups excluding carboxylic acids is 1. The molecule has 7 nitrogen and oxygen atoms in total. The number of carboxylic acid groups (broad SMARTS) is 1. The van der Waals surface area contributed by atoms with E-state index in [1.54, 1.807) is 18.4 Å². The van der Waals surface area contributed by atoms with Crippen LogP contribution in [0.25, 0.3) is 4.96 Å². The van der Waals surface area contributed by atoms with Crippen LogP contribution in [0.15, 0.2) is 29.0 Å². The largest absolute Gasteiger partial charge is 0.480 e. The highest BCUT2D eigenvalue weighted by molar-refractivity contribution is 7.15. The molecule has 0 spiro atoms. The molecule has 22 heavy (non-hydrogen) atoms. The lowest BCUT2D eigenvalue weighted by Gasteiger charge is -2.13. The number of carboxylic acids is 1. The van der Waals surface area contributed by atoms with Crippen molar-refractivity contribution in [3.8, 4) is 0 Å². The molecule has 116 valence electrons. The average Bonchev–Trinajstić information content (AvgIpc) is 2.85. The van der Waals surface area contributed by atoms with E-state index in [0.717, 1.165) is 0 Å². The van der Waals surface area contributed by atoms with Crippen molar-refractivity contribution < 1.29 is 14.7 Å². The number of thiazole rings is 1. The van der Waals surface area contributed by atoms with Crippen LogP contribution in [0.5, 0.6) is 0 Å². The number of fused-ring (bicyclic) bond motifs is 1. The van der Waals surface area contributed by atoms with Gasteiger partial charge in [0.1, 0.15) is 11.6 Å². The van der Waals surface area contributed by atoms with E-state index in [1.165, 1.54) is 21.9 Å². The van der Waals surface area contributed by atoms with Crippen molar-refractivity contribution in [2.75, 3.05) is 0 Å². The van der Waals surface area contributed by atoms with Crippen LogP contribution >= 0.6 is 11.3 Å². The highest BCUT2D eigenvalue weighted by atomic mass is 32.1. The molecule has 1 unspecified atom stereocenters. The molecule has 2 aromatic heterocycles. The lowest BCUT2D eigenvalue weighted by Crippen LogP contribution is -2.42. The number of nitrogens with zero attached hydrogens (tertiary/aromatic N) is 2. The van der Waals surface area contributed by atoms with Gasteiger partial charge in [0, 0.05) is 17.3 Å². The molecular weight excluding hydrogens is 306 g/mol. The number of aromatic nitrogens is 2. The second-order valence-corrected chi connectivity index (χ2v) is 5.54. The lowest BCUT2D eigenvalue weighted by atomic mass is 10.1. The van der Waals surface area contributed by atoms with E-state index in [2.05, 4.69) is 16.9 Å². The van der Waals surface area contributed by atoms with Gasteiger partial charge >= 0.3 is 5.97 Å². The van der Waals surface area contributed by atoms with Crippen molar-refractivity contribution in [2.24, 2.45) is 0 Å². The number of amides is 1. The number of rotatable bonds is 6. The van der Waals surface area contributed by atoms with E-state index < -0.39 is 23.5 Å². The van der Waals surface area contributed by atoms with Gasteiger partial charge in [0.2, 0.25) is 0 Å². The average molecular weight is 321 g/mol. The van der Waals surface area contributed by atoms with Crippen LogP contribution in [0.4, 0.5) is 0 Å². The Kier molecular flexibility index (Phi) is 4.71. The molecular formula is C14H15N3O4S. The standard InChI is InChI=1S/C14H15N3O4S/c1-3-4-5-10(13(20)21)16-11(18)9-6-15-14-17(12(9)19)8(2)7-22-14/h3,6-7,10H,1,4-5H2,2H3,(H,16,18)(H,20,21). The van der Waals surface area contributed by atoms with E-state index in [4.69, 9.17) is 5.11 Å². The fourth-order valence-electron chi connectivity index (χ4n) is 1.96. The van der Waals surface area contributed by atoms with Crippen molar-refractivity contribution in [1.82, 2.24) is 14.7 Å².